The average molecular weight is 319 g/mol. The van der Waals surface area contributed by atoms with E-state index < -0.39 is 0 Å². The SMILES string of the molecule is O=C(Nc1cccnc1N1CCOCC1)c1cccnc1Cl. The van der Waals surface area contributed by atoms with Crippen LogP contribution < -0.4 is 10.2 Å². The summed E-state index contributed by atoms with van der Waals surface area (Å²) >= 11 is 5.96. The number of hydrogen-bond donors (Lipinski definition) is 1. The lowest BCUT2D eigenvalue weighted by Gasteiger charge is -2.29. The van der Waals surface area contributed by atoms with Crippen LogP contribution in [0.2, 0.25) is 5.15 Å². The molecule has 0 atom stereocenters. The lowest BCUT2D eigenvalue weighted by atomic mass is 10.2. The largest absolute Gasteiger partial charge is 0.378 e. The number of carbonyl (C=O) groups excluding carboxylic acids is 1. The van der Waals surface area contributed by atoms with E-state index in [9.17, 15) is 4.79 Å². The molecule has 1 saturated heterocycles. The number of ether oxygens (including phenoxy) is 1. The molecule has 7 heteroatoms. The van der Waals surface area contributed by atoms with Crippen LogP contribution in [0.1, 0.15) is 10.4 Å². The van der Waals surface area contributed by atoms with Crippen LogP contribution in [0.15, 0.2) is 36.7 Å². The van der Waals surface area contributed by atoms with Gasteiger partial charge in [-0.2, -0.15) is 0 Å². The molecule has 2 aromatic rings. The number of morpholine rings is 1. The second-order valence-electron chi connectivity index (χ2n) is 4.77. The van der Waals surface area contributed by atoms with Crippen molar-refractivity contribution in [3.63, 3.8) is 0 Å². The predicted molar refractivity (Wildman–Crippen MR) is 84.5 cm³/mol. The second kappa shape index (κ2) is 6.72. The topological polar surface area (TPSA) is 67.4 Å². The Morgan fingerprint density at radius 2 is 1.91 bits per heavy atom. The first kappa shape index (κ1) is 14.7. The van der Waals surface area contributed by atoms with Gasteiger partial charge < -0.3 is 15.0 Å². The molecule has 2 aromatic heterocycles. The number of rotatable bonds is 3. The van der Waals surface area contributed by atoms with Crippen LogP contribution >= 0.6 is 11.6 Å². The molecule has 0 spiro atoms. The fraction of sp³-hybridized carbons (Fsp3) is 0.267. The molecule has 1 N–H and O–H groups in total. The Labute approximate surface area is 133 Å². The van der Waals surface area contributed by atoms with Crippen molar-refractivity contribution in [3.8, 4) is 0 Å². The highest BCUT2D eigenvalue weighted by Gasteiger charge is 2.18. The molecule has 6 nitrogen and oxygen atoms in total. The summed E-state index contributed by atoms with van der Waals surface area (Å²) in [4.78, 5) is 22.7. The minimum absolute atomic E-state index is 0.178. The summed E-state index contributed by atoms with van der Waals surface area (Å²) in [7, 11) is 0. The van der Waals surface area contributed by atoms with Crippen molar-refractivity contribution in [2.75, 3.05) is 36.5 Å². The van der Waals surface area contributed by atoms with Crippen LogP contribution in [0, 0.1) is 0 Å². The molecule has 1 aliphatic heterocycles. The molecule has 114 valence electrons. The third-order valence-corrected chi connectivity index (χ3v) is 3.65. The maximum atomic E-state index is 12.4. The summed E-state index contributed by atoms with van der Waals surface area (Å²) < 4.78 is 5.34. The van der Waals surface area contributed by atoms with Crippen LogP contribution in [-0.4, -0.2) is 42.2 Å². The number of aromatic nitrogens is 2. The summed E-state index contributed by atoms with van der Waals surface area (Å²) in [5, 5.41) is 3.03. The van der Waals surface area contributed by atoms with Gasteiger partial charge in [0, 0.05) is 25.5 Å². The molecular formula is C15H15ClN4O2. The zero-order valence-corrected chi connectivity index (χ0v) is 12.6. The van der Waals surface area contributed by atoms with E-state index in [1.807, 2.05) is 6.07 Å². The average Bonchev–Trinajstić information content (AvgIpc) is 2.56. The number of pyridine rings is 2. The Balaban J connectivity index is 1.83. The molecule has 3 rings (SSSR count). The zero-order valence-electron chi connectivity index (χ0n) is 11.8. The predicted octanol–water partition coefficient (Wildman–Crippen LogP) is 2.22. The van der Waals surface area contributed by atoms with Crippen molar-refractivity contribution in [2.24, 2.45) is 0 Å². The maximum absolute atomic E-state index is 12.4. The van der Waals surface area contributed by atoms with Crippen molar-refractivity contribution >= 4 is 29.0 Å². The van der Waals surface area contributed by atoms with Gasteiger partial charge in [0.05, 0.1) is 24.5 Å². The van der Waals surface area contributed by atoms with Gasteiger partial charge in [-0.3, -0.25) is 4.79 Å². The van der Waals surface area contributed by atoms with Crippen molar-refractivity contribution in [2.45, 2.75) is 0 Å². The highest BCUT2D eigenvalue weighted by atomic mass is 35.5. The number of halogens is 1. The van der Waals surface area contributed by atoms with E-state index in [4.69, 9.17) is 16.3 Å². The molecule has 0 saturated carbocycles. The first-order valence-electron chi connectivity index (χ1n) is 6.95. The fourth-order valence-electron chi connectivity index (χ4n) is 2.27. The van der Waals surface area contributed by atoms with Gasteiger partial charge in [-0.15, -0.1) is 0 Å². The number of anilines is 2. The summed E-state index contributed by atoms with van der Waals surface area (Å²) in [5.74, 6) is 0.430. The fourth-order valence-corrected chi connectivity index (χ4v) is 2.47. The smallest absolute Gasteiger partial charge is 0.258 e. The molecule has 1 amide bonds. The van der Waals surface area contributed by atoms with E-state index in [-0.39, 0.29) is 11.1 Å². The number of nitrogens with one attached hydrogen (secondary N) is 1. The van der Waals surface area contributed by atoms with Gasteiger partial charge in [0.25, 0.3) is 5.91 Å². The van der Waals surface area contributed by atoms with E-state index >= 15 is 0 Å². The minimum atomic E-state index is -0.305. The Morgan fingerprint density at radius 1 is 1.18 bits per heavy atom. The number of hydrogen-bond acceptors (Lipinski definition) is 5. The molecule has 1 fully saturated rings. The summed E-state index contributed by atoms with van der Waals surface area (Å²) in [5.41, 5.74) is 0.982. The normalized spacial score (nSPS) is 14.7. The molecule has 3 heterocycles. The Bertz CT molecular complexity index is 674. The standard InChI is InChI=1S/C15H15ClN4O2/c16-13-11(3-1-5-17-13)15(21)19-12-4-2-6-18-14(12)20-7-9-22-10-8-20/h1-6H,7-10H2,(H,19,21). The molecule has 0 radical (unpaired) electrons. The molecule has 0 aliphatic carbocycles. The van der Waals surface area contributed by atoms with Gasteiger partial charge in [0.1, 0.15) is 5.15 Å². The lowest BCUT2D eigenvalue weighted by Crippen LogP contribution is -2.37. The molecular weight excluding hydrogens is 304 g/mol. The summed E-state index contributed by atoms with van der Waals surface area (Å²) in [6.07, 6.45) is 3.25. The monoisotopic (exact) mass is 318 g/mol. The maximum Gasteiger partial charge on any atom is 0.258 e. The van der Waals surface area contributed by atoms with E-state index in [1.54, 1.807) is 30.6 Å². The Hall–Kier alpha value is -2.18. The van der Waals surface area contributed by atoms with Crippen LogP contribution in [0.25, 0.3) is 0 Å². The van der Waals surface area contributed by atoms with Gasteiger partial charge in [0.15, 0.2) is 5.82 Å². The number of nitrogens with zero attached hydrogens (tertiary/aromatic N) is 3. The van der Waals surface area contributed by atoms with Gasteiger partial charge in [0.2, 0.25) is 0 Å². The van der Waals surface area contributed by atoms with Crippen molar-refractivity contribution in [3.05, 3.63) is 47.4 Å². The molecule has 0 aromatic carbocycles. The van der Waals surface area contributed by atoms with E-state index in [2.05, 4.69) is 20.2 Å². The Morgan fingerprint density at radius 3 is 2.68 bits per heavy atom. The lowest BCUT2D eigenvalue weighted by molar-refractivity contribution is 0.102. The zero-order chi connectivity index (χ0) is 15.4. The number of amides is 1. The first-order valence-corrected chi connectivity index (χ1v) is 7.33. The highest BCUT2D eigenvalue weighted by molar-refractivity contribution is 6.33. The highest BCUT2D eigenvalue weighted by Crippen LogP contribution is 2.24. The van der Waals surface area contributed by atoms with Crippen molar-refractivity contribution in [1.82, 2.24) is 9.97 Å². The molecule has 0 bridgehead atoms. The molecule has 22 heavy (non-hydrogen) atoms. The van der Waals surface area contributed by atoms with Gasteiger partial charge in [-0.25, -0.2) is 9.97 Å². The molecule has 1 aliphatic rings. The van der Waals surface area contributed by atoms with Crippen LogP contribution in [-0.2, 0) is 4.74 Å². The van der Waals surface area contributed by atoms with Crippen molar-refractivity contribution in [1.29, 1.82) is 0 Å². The first-order chi connectivity index (χ1) is 10.8. The van der Waals surface area contributed by atoms with E-state index in [0.29, 0.717) is 24.5 Å². The molecule has 0 unspecified atom stereocenters. The van der Waals surface area contributed by atoms with E-state index in [0.717, 1.165) is 18.9 Å². The van der Waals surface area contributed by atoms with Crippen LogP contribution in [0.4, 0.5) is 11.5 Å². The van der Waals surface area contributed by atoms with Crippen molar-refractivity contribution < 1.29 is 9.53 Å². The van der Waals surface area contributed by atoms with Crippen LogP contribution in [0.5, 0.6) is 0 Å². The third kappa shape index (κ3) is 3.18. The van der Waals surface area contributed by atoms with Gasteiger partial charge in [-0.1, -0.05) is 11.6 Å². The Kier molecular flexibility index (Phi) is 4.50. The summed E-state index contributed by atoms with van der Waals surface area (Å²) in [6.45, 7) is 2.79. The minimum Gasteiger partial charge on any atom is -0.378 e. The number of carbonyl (C=O) groups is 1. The van der Waals surface area contributed by atoms with Crippen LogP contribution in [0.3, 0.4) is 0 Å². The summed E-state index contributed by atoms with van der Waals surface area (Å²) in [6, 6.07) is 6.91. The van der Waals surface area contributed by atoms with Gasteiger partial charge in [-0.05, 0) is 24.3 Å². The quantitative estimate of drug-likeness (QED) is 0.879. The third-order valence-electron chi connectivity index (χ3n) is 3.35. The van der Waals surface area contributed by atoms with Gasteiger partial charge >= 0.3 is 0 Å². The second-order valence-corrected chi connectivity index (χ2v) is 5.13. The van der Waals surface area contributed by atoms with E-state index in [1.165, 1.54) is 0 Å².